The molecule has 2 unspecified atom stereocenters. The molecule has 1 aromatic rings. The molecule has 0 radical (unpaired) electrons. The van der Waals surface area contributed by atoms with Gasteiger partial charge in [-0.25, -0.2) is 8.78 Å². The fourth-order valence-corrected chi connectivity index (χ4v) is 2.31. The Balaban J connectivity index is 2.01. The molecule has 0 aliphatic carbocycles. The third kappa shape index (κ3) is 1.79. The van der Waals surface area contributed by atoms with E-state index in [0.717, 1.165) is 18.2 Å². The van der Waals surface area contributed by atoms with Gasteiger partial charge in [-0.1, -0.05) is 0 Å². The van der Waals surface area contributed by atoms with Crippen LogP contribution in [0.1, 0.15) is 17.2 Å². The number of ether oxygens (including phenoxy) is 2. The maximum atomic E-state index is 12.9. The Kier molecular flexibility index (Phi) is 2.54. The first-order chi connectivity index (χ1) is 8.91. The maximum Gasteiger partial charge on any atom is 0.416 e. The van der Waals surface area contributed by atoms with Crippen LogP contribution in [0.25, 0.3) is 0 Å². The third-order valence-electron chi connectivity index (χ3n) is 3.42. The van der Waals surface area contributed by atoms with Crippen LogP contribution in [-0.2, 0) is 10.9 Å². The van der Waals surface area contributed by atoms with E-state index < -0.39 is 42.9 Å². The summed E-state index contributed by atoms with van der Waals surface area (Å²) < 4.78 is 73.9. The van der Waals surface area contributed by atoms with Crippen LogP contribution in [0.2, 0.25) is 0 Å². The predicted molar refractivity (Wildman–Crippen MR) is 54.4 cm³/mol. The Morgan fingerprint density at radius 1 is 1.16 bits per heavy atom. The van der Waals surface area contributed by atoms with Gasteiger partial charge in [0.25, 0.3) is 0 Å². The fourth-order valence-electron chi connectivity index (χ4n) is 2.31. The topological polar surface area (TPSA) is 21.8 Å². The number of fused-ring (bicyclic) bond motifs is 3. The zero-order valence-corrected chi connectivity index (χ0v) is 9.51. The average molecular weight is 280 g/mol. The number of alkyl halides is 5. The molecule has 2 heterocycles. The molecule has 0 bridgehead atoms. The van der Waals surface area contributed by atoms with Gasteiger partial charge in [-0.15, -0.1) is 0 Å². The molecule has 1 saturated heterocycles. The van der Waals surface area contributed by atoms with Gasteiger partial charge in [-0.05, 0) is 18.2 Å². The molecule has 0 amide bonds. The van der Waals surface area contributed by atoms with E-state index in [-0.39, 0.29) is 11.3 Å². The van der Waals surface area contributed by atoms with Crippen molar-refractivity contribution >= 4 is 0 Å². The zero-order chi connectivity index (χ0) is 13.8. The molecule has 2 nitrogen and oxygen atoms in total. The summed E-state index contributed by atoms with van der Waals surface area (Å²) in [4.78, 5) is 0. The highest BCUT2D eigenvalue weighted by molar-refractivity contribution is 5.45. The largest absolute Gasteiger partial charge is 0.479 e. The molecule has 104 valence electrons. The molecule has 2 atom stereocenters. The van der Waals surface area contributed by atoms with Crippen LogP contribution in [0.5, 0.6) is 5.75 Å². The van der Waals surface area contributed by atoms with Gasteiger partial charge in [-0.3, -0.25) is 0 Å². The van der Waals surface area contributed by atoms with Gasteiger partial charge in [0, 0.05) is 5.56 Å². The standard InChI is InChI=1S/C12H9F5O2/c13-4-11(5-14)10-9(18-10)7-3-6(12(15,16)17)1-2-8(7)19-11/h1-3,9-10H,4-5H2. The van der Waals surface area contributed by atoms with Gasteiger partial charge in [-0.2, -0.15) is 13.2 Å². The van der Waals surface area contributed by atoms with E-state index >= 15 is 0 Å². The summed E-state index contributed by atoms with van der Waals surface area (Å²) >= 11 is 0. The molecule has 0 spiro atoms. The van der Waals surface area contributed by atoms with Gasteiger partial charge < -0.3 is 9.47 Å². The van der Waals surface area contributed by atoms with Crippen LogP contribution in [0, 0.1) is 0 Å². The first-order valence-corrected chi connectivity index (χ1v) is 5.59. The molecular formula is C12H9F5O2. The Morgan fingerprint density at radius 3 is 2.42 bits per heavy atom. The lowest BCUT2D eigenvalue weighted by molar-refractivity contribution is -0.137. The van der Waals surface area contributed by atoms with Crippen molar-refractivity contribution in [2.45, 2.75) is 24.0 Å². The van der Waals surface area contributed by atoms with E-state index in [1.165, 1.54) is 0 Å². The second kappa shape index (κ2) is 3.82. The minimum absolute atomic E-state index is 0.0436. The van der Waals surface area contributed by atoms with E-state index in [1.807, 2.05) is 0 Å². The lowest BCUT2D eigenvalue weighted by Gasteiger charge is -2.31. The van der Waals surface area contributed by atoms with Crippen molar-refractivity contribution in [2.24, 2.45) is 0 Å². The van der Waals surface area contributed by atoms with Gasteiger partial charge >= 0.3 is 6.18 Å². The minimum Gasteiger partial charge on any atom is -0.479 e. The Hall–Kier alpha value is -1.37. The average Bonchev–Trinajstić information content (AvgIpc) is 3.17. The Bertz CT molecular complexity index is 509. The molecule has 1 fully saturated rings. The Labute approximate surface area is 105 Å². The van der Waals surface area contributed by atoms with Gasteiger partial charge in [0.2, 0.25) is 0 Å². The molecule has 0 saturated carbocycles. The van der Waals surface area contributed by atoms with Crippen molar-refractivity contribution in [3.8, 4) is 5.75 Å². The van der Waals surface area contributed by atoms with Crippen LogP contribution in [0.4, 0.5) is 22.0 Å². The quantitative estimate of drug-likeness (QED) is 0.613. The van der Waals surface area contributed by atoms with Crippen molar-refractivity contribution in [2.75, 3.05) is 13.3 Å². The summed E-state index contributed by atoms with van der Waals surface area (Å²) in [6.07, 6.45) is -6.07. The van der Waals surface area contributed by atoms with Gasteiger partial charge in [0.1, 0.15) is 31.3 Å². The molecule has 0 N–H and O–H groups in total. The second-order valence-electron chi connectivity index (χ2n) is 4.66. The molecule has 0 aromatic heterocycles. The number of epoxide rings is 1. The number of halogens is 5. The monoisotopic (exact) mass is 280 g/mol. The second-order valence-corrected chi connectivity index (χ2v) is 4.66. The molecule has 3 rings (SSSR count). The molecule has 7 heteroatoms. The minimum atomic E-state index is -4.48. The Morgan fingerprint density at radius 2 is 1.84 bits per heavy atom. The summed E-state index contributed by atoms with van der Waals surface area (Å²) in [7, 11) is 0. The van der Waals surface area contributed by atoms with E-state index in [2.05, 4.69) is 0 Å². The summed E-state index contributed by atoms with van der Waals surface area (Å²) in [6, 6.07) is 2.80. The highest BCUT2D eigenvalue weighted by Crippen LogP contribution is 2.54. The van der Waals surface area contributed by atoms with Crippen LogP contribution in [-0.4, -0.2) is 25.1 Å². The third-order valence-corrected chi connectivity index (χ3v) is 3.42. The van der Waals surface area contributed by atoms with Gasteiger partial charge in [0.05, 0.1) is 5.56 Å². The van der Waals surface area contributed by atoms with E-state index in [9.17, 15) is 22.0 Å². The van der Waals surface area contributed by atoms with E-state index in [0.29, 0.717) is 0 Å². The summed E-state index contributed by atoms with van der Waals surface area (Å²) in [5.41, 5.74) is -2.37. The van der Waals surface area contributed by atoms with Crippen LogP contribution in [0.3, 0.4) is 0 Å². The smallest absolute Gasteiger partial charge is 0.416 e. The lowest BCUT2D eigenvalue weighted by atomic mass is 9.92. The molecule has 19 heavy (non-hydrogen) atoms. The zero-order valence-electron chi connectivity index (χ0n) is 9.51. The van der Waals surface area contributed by atoms with Crippen LogP contribution < -0.4 is 4.74 Å². The number of hydrogen-bond acceptors (Lipinski definition) is 2. The van der Waals surface area contributed by atoms with Crippen molar-refractivity contribution in [1.82, 2.24) is 0 Å². The van der Waals surface area contributed by atoms with Crippen LogP contribution >= 0.6 is 0 Å². The number of rotatable bonds is 2. The molecule has 2 aliphatic heterocycles. The van der Waals surface area contributed by atoms with E-state index in [4.69, 9.17) is 9.47 Å². The number of hydrogen-bond donors (Lipinski definition) is 0. The SMILES string of the molecule is FCC1(CF)Oc2ccc(C(F)(F)F)cc2C2OC21. The predicted octanol–water partition coefficient (Wildman–Crippen LogP) is 3.22. The van der Waals surface area contributed by atoms with Crippen molar-refractivity contribution in [1.29, 1.82) is 0 Å². The summed E-state index contributed by atoms with van der Waals surface area (Å²) in [5.74, 6) is 0.0436. The highest BCUT2D eigenvalue weighted by atomic mass is 19.4. The first-order valence-electron chi connectivity index (χ1n) is 5.59. The van der Waals surface area contributed by atoms with Crippen molar-refractivity contribution < 1.29 is 31.4 Å². The molecule has 1 aromatic carbocycles. The normalized spacial score (nSPS) is 27.2. The molecule has 2 aliphatic rings. The summed E-state index contributed by atoms with van der Waals surface area (Å²) in [6.45, 7) is -2.18. The van der Waals surface area contributed by atoms with Crippen molar-refractivity contribution in [3.05, 3.63) is 29.3 Å². The van der Waals surface area contributed by atoms with E-state index in [1.54, 1.807) is 0 Å². The summed E-state index contributed by atoms with van der Waals surface area (Å²) in [5, 5.41) is 0. The van der Waals surface area contributed by atoms with Gasteiger partial charge in [0.15, 0.2) is 5.60 Å². The fraction of sp³-hybridized carbons (Fsp3) is 0.500. The first kappa shape index (κ1) is 12.7. The number of benzene rings is 1. The molecular weight excluding hydrogens is 271 g/mol. The highest BCUT2D eigenvalue weighted by Gasteiger charge is 2.62. The van der Waals surface area contributed by atoms with Crippen molar-refractivity contribution in [3.63, 3.8) is 0 Å². The maximum absolute atomic E-state index is 12.9. The lowest BCUT2D eigenvalue weighted by Crippen LogP contribution is -2.48. The van der Waals surface area contributed by atoms with Crippen LogP contribution in [0.15, 0.2) is 18.2 Å².